The molecule has 0 spiro atoms. The predicted molar refractivity (Wildman–Crippen MR) is 83.3 cm³/mol. The van der Waals surface area contributed by atoms with Crippen LogP contribution in [0.25, 0.3) is 0 Å². The molecule has 0 saturated carbocycles. The van der Waals surface area contributed by atoms with Gasteiger partial charge in [-0.15, -0.1) is 11.3 Å². The van der Waals surface area contributed by atoms with Gasteiger partial charge in [0.1, 0.15) is 0 Å². The van der Waals surface area contributed by atoms with Gasteiger partial charge in [0.15, 0.2) is 0 Å². The van der Waals surface area contributed by atoms with Crippen molar-refractivity contribution >= 4 is 33.0 Å². The maximum Gasteiger partial charge on any atom is 0.0519 e. The predicted octanol–water partition coefficient (Wildman–Crippen LogP) is 3.87. The van der Waals surface area contributed by atoms with Crippen LogP contribution in [0.5, 0.6) is 0 Å². The van der Waals surface area contributed by atoms with E-state index in [1.807, 2.05) is 7.05 Å². The minimum atomic E-state index is 0.884. The van der Waals surface area contributed by atoms with Gasteiger partial charge in [0, 0.05) is 28.6 Å². The molecule has 0 fully saturated rings. The van der Waals surface area contributed by atoms with Crippen LogP contribution in [0.15, 0.2) is 40.2 Å². The first-order valence-electron chi connectivity index (χ1n) is 5.87. The lowest BCUT2D eigenvalue weighted by Crippen LogP contribution is -2.15. The molecule has 0 aliphatic heterocycles. The van der Waals surface area contributed by atoms with E-state index in [0.717, 1.165) is 17.6 Å². The first-order chi connectivity index (χ1) is 8.70. The van der Waals surface area contributed by atoms with Crippen LogP contribution in [0, 0.1) is 0 Å². The maximum atomic E-state index is 3.63. The van der Waals surface area contributed by atoms with Gasteiger partial charge in [-0.05, 0) is 36.2 Å². The lowest BCUT2D eigenvalue weighted by molar-refractivity contribution is 0.813. The average Bonchev–Trinajstić information content (AvgIpc) is 2.84. The van der Waals surface area contributed by atoms with Crippen molar-refractivity contribution < 1.29 is 0 Å². The van der Waals surface area contributed by atoms with Crippen molar-refractivity contribution in [2.24, 2.45) is 0 Å². The molecule has 0 unspecified atom stereocenters. The van der Waals surface area contributed by atoms with Crippen LogP contribution >= 0.6 is 27.3 Å². The molecule has 0 saturated heterocycles. The van der Waals surface area contributed by atoms with Crippen molar-refractivity contribution in [2.75, 3.05) is 19.0 Å². The number of nitrogens with one attached hydrogen (secondary N) is 1. The molecule has 1 N–H and O–H groups in total. The normalized spacial score (nSPS) is 10.6. The van der Waals surface area contributed by atoms with Crippen LogP contribution in [-0.4, -0.2) is 14.1 Å². The third-order valence-corrected chi connectivity index (χ3v) is 4.42. The number of hydrogen-bond donors (Lipinski definition) is 1. The summed E-state index contributed by atoms with van der Waals surface area (Å²) in [7, 11) is 4.09. The summed E-state index contributed by atoms with van der Waals surface area (Å²) in [5, 5.41) is 5.29. The average molecular weight is 325 g/mol. The molecular formula is C14H17BrN2S. The highest BCUT2D eigenvalue weighted by atomic mass is 79.9. The molecule has 96 valence electrons. The molecule has 0 bridgehead atoms. The molecule has 0 amide bonds. The van der Waals surface area contributed by atoms with Crippen molar-refractivity contribution in [1.82, 2.24) is 5.32 Å². The summed E-state index contributed by atoms with van der Waals surface area (Å²) in [6.45, 7) is 1.84. The Bertz CT molecular complexity index is 497. The topological polar surface area (TPSA) is 15.3 Å². The molecule has 1 aromatic carbocycles. The third-order valence-electron chi connectivity index (χ3n) is 2.82. The molecule has 18 heavy (non-hydrogen) atoms. The summed E-state index contributed by atoms with van der Waals surface area (Å²) in [5.41, 5.74) is 2.51. The first-order valence-corrected chi connectivity index (χ1v) is 7.54. The molecule has 0 radical (unpaired) electrons. The highest BCUT2D eigenvalue weighted by Gasteiger charge is 2.06. The minimum absolute atomic E-state index is 0.884. The molecule has 0 aliphatic rings. The van der Waals surface area contributed by atoms with Crippen LogP contribution in [0.4, 0.5) is 5.69 Å². The number of thiophene rings is 1. The second-order valence-electron chi connectivity index (χ2n) is 4.24. The van der Waals surface area contributed by atoms with E-state index in [0.29, 0.717) is 0 Å². The summed E-state index contributed by atoms with van der Waals surface area (Å²) in [4.78, 5) is 3.65. The van der Waals surface area contributed by atoms with Crippen molar-refractivity contribution in [3.8, 4) is 0 Å². The monoisotopic (exact) mass is 324 g/mol. The number of hydrogen-bond acceptors (Lipinski definition) is 3. The van der Waals surface area contributed by atoms with Gasteiger partial charge in [-0.2, -0.15) is 0 Å². The van der Waals surface area contributed by atoms with Gasteiger partial charge in [0.25, 0.3) is 0 Å². The second kappa shape index (κ2) is 6.36. The van der Waals surface area contributed by atoms with E-state index in [1.165, 1.54) is 16.1 Å². The summed E-state index contributed by atoms with van der Waals surface area (Å²) < 4.78 is 1.16. The van der Waals surface area contributed by atoms with E-state index in [9.17, 15) is 0 Å². The van der Waals surface area contributed by atoms with Gasteiger partial charge in [0.2, 0.25) is 0 Å². The molecule has 2 nitrogen and oxygen atoms in total. The molecule has 2 aromatic rings. The Morgan fingerprint density at radius 2 is 2.17 bits per heavy atom. The Balaban J connectivity index is 2.11. The SMILES string of the molecule is CNCc1ccc(N(C)Cc2cccs2)cc1Br. The summed E-state index contributed by atoms with van der Waals surface area (Å²) in [6.07, 6.45) is 0. The van der Waals surface area contributed by atoms with Crippen LogP contribution in [-0.2, 0) is 13.1 Å². The molecule has 2 rings (SSSR count). The Labute approximate surface area is 121 Å². The van der Waals surface area contributed by atoms with Gasteiger partial charge in [0.05, 0.1) is 6.54 Å². The van der Waals surface area contributed by atoms with Crippen molar-refractivity contribution in [3.63, 3.8) is 0 Å². The lowest BCUT2D eigenvalue weighted by atomic mass is 10.2. The zero-order valence-corrected chi connectivity index (χ0v) is 13.0. The quantitative estimate of drug-likeness (QED) is 0.898. The molecule has 0 aliphatic carbocycles. The van der Waals surface area contributed by atoms with Crippen LogP contribution < -0.4 is 10.2 Å². The second-order valence-corrected chi connectivity index (χ2v) is 6.13. The van der Waals surface area contributed by atoms with E-state index in [1.54, 1.807) is 11.3 Å². The van der Waals surface area contributed by atoms with E-state index in [4.69, 9.17) is 0 Å². The van der Waals surface area contributed by atoms with Crippen LogP contribution in [0.1, 0.15) is 10.4 Å². The highest BCUT2D eigenvalue weighted by Crippen LogP contribution is 2.25. The van der Waals surface area contributed by atoms with Gasteiger partial charge in [-0.3, -0.25) is 0 Å². The summed E-state index contributed by atoms with van der Waals surface area (Å²) >= 11 is 5.43. The van der Waals surface area contributed by atoms with Crippen LogP contribution in [0.3, 0.4) is 0 Å². The minimum Gasteiger partial charge on any atom is -0.369 e. The molecule has 1 heterocycles. The first kappa shape index (κ1) is 13.6. The maximum absolute atomic E-state index is 3.63. The standard InChI is InChI=1S/C14H17BrN2S/c1-16-9-11-5-6-12(8-14(11)15)17(2)10-13-4-3-7-18-13/h3-8,16H,9-10H2,1-2H3. The number of rotatable bonds is 5. The Kier molecular flexibility index (Phi) is 4.80. The Morgan fingerprint density at radius 3 is 2.78 bits per heavy atom. The molecular weight excluding hydrogens is 308 g/mol. The van der Waals surface area contributed by atoms with E-state index >= 15 is 0 Å². The van der Waals surface area contributed by atoms with Gasteiger partial charge < -0.3 is 10.2 Å². The van der Waals surface area contributed by atoms with Gasteiger partial charge in [-0.1, -0.05) is 28.1 Å². The fraction of sp³-hybridized carbons (Fsp3) is 0.286. The lowest BCUT2D eigenvalue weighted by Gasteiger charge is -2.19. The van der Waals surface area contributed by atoms with Gasteiger partial charge in [-0.25, -0.2) is 0 Å². The fourth-order valence-electron chi connectivity index (χ4n) is 1.84. The Hall–Kier alpha value is -0.840. The zero-order chi connectivity index (χ0) is 13.0. The summed E-state index contributed by atoms with van der Waals surface area (Å²) in [5.74, 6) is 0. The van der Waals surface area contributed by atoms with Crippen molar-refractivity contribution in [1.29, 1.82) is 0 Å². The van der Waals surface area contributed by atoms with Crippen molar-refractivity contribution in [3.05, 3.63) is 50.6 Å². The molecule has 1 aromatic heterocycles. The number of nitrogens with zero attached hydrogens (tertiary/aromatic N) is 1. The highest BCUT2D eigenvalue weighted by molar-refractivity contribution is 9.10. The van der Waals surface area contributed by atoms with E-state index in [2.05, 4.69) is 68.9 Å². The Morgan fingerprint density at radius 1 is 1.33 bits per heavy atom. The van der Waals surface area contributed by atoms with Crippen molar-refractivity contribution in [2.45, 2.75) is 13.1 Å². The molecule has 4 heteroatoms. The summed E-state index contributed by atoms with van der Waals surface area (Å²) in [6, 6.07) is 10.8. The zero-order valence-electron chi connectivity index (χ0n) is 10.6. The smallest absolute Gasteiger partial charge is 0.0519 e. The fourth-order valence-corrected chi connectivity index (χ4v) is 3.10. The number of benzene rings is 1. The number of halogens is 1. The largest absolute Gasteiger partial charge is 0.369 e. The third kappa shape index (κ3) is 3.34. The number of anilines is 1. The molecule has 0 atom stereocenters. The van der Waals surface area contributed by atoms with Gasteiger partial charge >= 0.3 is 0 Å². The van der Waals surface area contributed by atoms with E-state index in [-0.39, 0.29) is 0 Å². The van der Waals surface area contributed by atoms with Crippen LogP contribution in [0.2, 0.25) is 0 Å². The van der Waals surface area contributed by atoms with E-state index < -0.39 is 0 Å².